The third-order valence-corrected chi connectivity index (χ3v) is 4.41. The zero-order valence-electron chi connectivity index (χ0n) is 15.6. The standard InChI is InChI=1S/C20H18FN5O3/c1-28-17-5-3-2-4-15(17)16-10-18(29-25-16)19(27)23-20-22-12-26(24-20)11-13-6-8-14(21)9-7-13/h2-9,12,18H,10-11H2,1H3,(H,23,24,27)/t18-/m0/s1. The van der Waals surface area contributed by atoms with E-state index >= 15 is 0 Å². The fourth-order valence-electron chi connectivity index (χ4n) is 2.96. The summed E-state index contributed by atoms with van der Waals surface area (Å²) in [7, 11) is 1.58. The van der Waals surface area contributed by atoms with E-state index in [4.69, 9.17) is 9.57 Å². The molecule has 1 N–H and O–H groups in total. The van der Waals surface area contributed by atoms with Gasteiger partial charge in [-0.3, -0.25) is 10.1 Å². The molecular weight excluding hydrogens is 377 g/mol. The van der Waals surface area contributed by atoms with Crippen LogP contribution in [0.3, 0.4) is 0 Å². The molecule has 0 unspecified atom stereocenters. The Bertz CT molecular complexity index is 1050. The molecule has 1 atom stereocenters. The van der Waals surface area contributed by atoms with Crippen molar-refractivity contribution in [2.24, 2.45) is 5.16 Å². The normalized spacial score (nSPS) is 15.5. The van der Waals surface area contributed by atoms with E-state index in [1.165, 1.54) is 18.5 Å². The number of nitrogens with one attached hydrogen (secondary N) is 1. The van der Waals surface area contributed by atoms with E-state index < -0.39 is 12.0 Å². The molecule has 9 heteroatoms. The number of amides is 1. The van der Waals surface area contributed by atoms with Gasteiger partial charge in [0, 0.05) is 12.0 Å². The van der Waals surface area contributed by atoms with Crippen molar-refractivity contribution in [3.8, 4) is 5.75 Å². The Kier molecular flexibility index (Phi) is 5.19. The summed E-state index contributed by atoms with van der Waals surface area (Å²) in [5, 5.41) is 10.9. The fraction of sp³-hybridized carbons (Fsp3) is 0.200. The van der Waals surface area contributed by atoms with E-state index in [-0.39, 0.29) is 11.8 Å². The maximum atomic E-state index is 13.0. The highest BCUT2D eigenvalue weighted by Gasteiger charge is 2.30. The van der Waals surface area contributed by atoms with Crippen LogP contribution in [0, 0.1) is 5.82 Å². The third-order valence-electron chi connectivity index (χ3n) is 4.41. The SMILES string of the molecule is COc1ccccc1C1=NO[C@H](C(=O)Nc2ncn(Cc3ccc(F)cc3)n2)C1. The highest BCUT2D eigenvalue weighted by molar-refractivity contribution is 6.07. The second-order valence-corrected chi connectivity index (χ2v) is 6.42. The summed E-state index contributed by atoms with van der Waals surface area (Å²) in [5.41, 5.74) is 2.28. The molecule has 29 heavy (non-hydrogen) atoms. The largest absolute Gasteiger partial charge is 0.496 e. The number of rotatable bonds is 6. The molecule has 4 rings (SSSR count). The molecule has 2 aromatic carbocycles. The van der Waals surface area contributed by atoms with Crippen LogP contribution in [0.15, 0.2) is 60.0 Å². The van der Waals surface area contributed by atoms with Gasteiger partial charge in [0.15, 0.2) is 0 Å². The van der Waals surface area contributed by atoms with Crippen LogP contribution in [-0.2, 0) is 16.2 Å². The van der Waals surface area contributed by atoms with Crippen molar-refractivity contribution in [3.63, 3.8) is 0 Å². The molecule has 8 nitrogen and oxygen atoms in total. The van der Waals surface area contributed by atoms with E-state index in [0.29, 0.717) is 24.4 Å². The van der Waals surface area contributed by atoms with Gasteiger partial charge in [-0.05, 0) is 29.8 Å². The van der Waals surface area contributed by atoms with E-state index in [1.807, 2.05) is 24.3 Å². The average molecular weight is 395 g/mol. The van der Waals surface area contributed by atoms with Crippen molar-refractivity contribution in [1.29, 1.82) is 0 Å². The summed E-state index contributed by atoms with van der Waals surface area (Å²) in [6.07, 6.45) is 1.02. The lowest BCUT2D eigenvalue weighted by Crippen LogP contribution is -2.28. The number of nitrogens with zero attached hydrogens (tertiary/aromatic N) is 4. The molecular formula is C20H18FN5O3. The number of carbonyl (C=O) groups is 1. The highest BCUT2D eigenvalue weighted by Crippen LogP contribution is 2.24. The highest BCUT2D eigenvalue weighted by atomic mass is 19.1. The number of aromatic nitrogens is 3. The Labute approximate surface area is 166 Å². The maximum absolute atomic E-state index is 13.0. The number of carbonyl (C=O) groups excluding carboxylic acids is 1. The second kappa shape index (κ2) is 8.09. The van der Waals surface area contributed by atoms with Gasteiger partial charge in [-0.2, -0.15) is 0 Å². The van der Waals surface area contributed by atoms with Gasteiger partial charge in [-0.25, -0.2) is 14.1 Å². The first-order chi connectivity index (χ1) is 14.1. The summed E-state index contributed by atoms with van der Waals surface area (Å²) < 4.78 is 19.9. The van der Waals surface area contributed by atoms with Crippen molar-refractivity contribution in [2.45, 2.75) is 19.1 Å². The topological polar surface area (TPSA) is 90.6 Å². The number of benzene rings is 2. The predicted molar refractivity (Wildman–Crippen MR) is 103 cm³/mol. The van der Waals surface area contributed by atoms with Crippen molar-refractivity contribution < 1.29 is 18.8 Å². The van der Waals surface area contributed by atoms with Crippen LogP contribution in [0.4, 0.5) is 10.3 Å². The molecule has 0 saturated heterocycles. The van der Waals surface area contributed by atoms with Crippen LogP contribution in [0.5, 0.6) is 5.75 Å². The molecule has 0 saturated carbocycles. The summed E-state index contributed by atoms with van der Waals surface area (Å²) in [5.74, 6) is 0.133. The minimum atomic E-state index is -0.779. The second-order valence-electron chi connectivity index (χ2n) is 6.42. The van der Waals surface area contributed by atoms with Crippen molar-refractivity contribution in [1.82, 2.24) is 14.8 Å². The quantitative estimate of drug-likeness (QED) is 0.693. The first-order valence-corrected chi connectivity index (χ1v) is 8.93. The van der Waals surface area contributed by atoms with E-state index in [2.05, 4.69) is 20.6 Å². The first kappa shape index (κ1) is 18.6. The van der Waals surface area contributed by atoms with Gasteiger partial charge in [0.25, 0.3) is 5.91 Å². The summed E-state index contributed by atoms with van der Waals surface area (Å²) in [6, 6.07) is 13.5. The van der Waals surface area contributed by atoms with Crippen molar-refractivity contribution >= 4 is 17.6 Å². The number of methoxy groups -OCH3 is 1. The smallest absolute Gasteiger partial charge is 0.271 e. The Morgan fingerprint density at radius 3 is 2.86 bits per heavy atom. The lowest BCUT2D eigenvalue weighted by molar-refractivity contribution is -0.125. The number of hydrogen-bond donors (Lipinski definition) is 1. The average Bonchev–Trinajstić information content (AvgIpc) is 3.39. The maximum Gasteiger partial charge on any atom is 0.271 e. The van der Waals surface area contributed by atoms with Crippen LogP contribution in [0.2, 0.25) is 0 Å². The Balaban J connectivity index is 1.36. The molecule has 1 amide bonds. The van der Waals surface area contributed by atoms with Crippen LogP contribution in [0.25, 0.3) is 0 Å². The van der Waals surface area contributed by atoms with E-state index in [0.717, 1.165) is 11.1 Å². The van der Waals surface area contributed by atoms with Crippen molar-refractivity contribution in [2.75, 3.05) is 12.4 Å². The molecule has 0 aliphatic carbocycles. The van der Waals surface area contributed by atoms with Gasteiger partial charge >= 0.3 is 0 Å². The van der Waals surface area contributed by atoms with Gasteiger partial charge in [-0.15, -0.1) is 5.10 Å². The van der Waals surface area contributed by atoms with Gasteiger partial charge in [0.2, 0.25) is 12.1 Å². The summed E-state index contributed by atoms with van der Waals surface area (Å²) >= 11 is 0. The number of para-hydroxylation sites is 1. The van der Waals surface area contributed by atoms with Gasteiger partial charge in [0.1, 0.15) is 17.9 Å². The molecule has 3 aromatic rings. The first-order valence-electron chi connectivity index (χ1n) is 8.93. The molecule has 0 spiro atoms. The number of oxime groups is 1. The lowest BCUT2D eigenvalue weighted by atomic mass is 10.0. The predicted octanol–water partition coefficient (Wildman–Crippen LogP) is 2.61. The molecule has 1 aliphatic heterocycles. The van der Waals surface area contributed by atoms with E-state index in [9.17, 15) is 9.18 Å². The molecule has 148 valence electrons. The molecule has 0 bridgehead atoms. The Morgan fingerprint density at radius 2 is 2.07 bits per heavy atom. The summed E-state index contributed by atoms with van der Waals surface area (Å²) in [6.45, 7) is 0.407. The summed E-state index contributed by atoms with van der Waals surface area (Å²) in [4.78, 5) is 21.8. The minimum Gasteiger partial charge on any atom is -0.496 e. The number of hydrogen-bond acceptors (Lipinski definition) is 6. The molecule has 0 fully saturated rings. The molecule has 1 aliphatic rings. The van der Waals surface area contributed by atoms with Crippen LogP contribution in [-0.4, -0.2) is 39.6 Å². The van der Waals surface area contributed by atoms with Crippen LogP contribution in [0.1, 0.15) is 17.5 Å². The zero-order chi connectivity index (χ0) is 20.2. The monoisotopic (exact) mass is 395 g/mol. The molecule has 0 radical (unpaired) electrons. The Morgan fingerprint density at radius 1 is 1.28 bits per heavy atom. The number of halogens is 1. The van der Waals surface area contributed by atoms with Crippen LogP contribution < -0.4 is 10.1 Å². The van der Waals surface area contributed by atoms with Crippen molar-refractivity contribution in [3.05, 3.63) is 71.8 Å². The fourth-order valence-corrected chi connectivity index (χ4v) is 2.96. The van der Waals surface area contributed by atoms with Gasteiger partial charge < -0.3 is 9.57 Å². The zero-order valence-corrected chi connectivity index (χ0v) is 15.6. The van der Waals surface area contributed by atoms with Gasteiger partial charge in [0.05, 0.1) is 19.4 Å². The van der Waals surface area contributed by atoms with Gasteiger partial charge in [-0.1, -0.05) is 29.4 Å². The minimum absolute atomic E-state index is 0.159. The lowest BCUT2D eigenvalue weighted by Gasteiger charge is -2.08. The molecule has 1 aromatic heterocycles. The van der Waals surface area contributed by atoms with Crippen LogP contribution >= 0.6 is 0 Å². The Hall–Kier alpha value is -3.75. The van der Waals surface area contributed by atoms with E-state index in [1.54, 1.807) is 23.9 Å². The third kappa shape index (κ3) is 4.23. The number of ether oxygens (including phenoxy) is 1. The number of anilines is 1. The molecule has 2 heterocycles.